The molecule has 3 heteroatoms. The molecule has 3 aliphatic carbocycles. The van der Waals surface area contributed by atoms with Crippen LogP contribution in [0.5, 0.6) is 0 Å². The number of benzene rings is 1. The van der Waals surface area contributed by atoms with Crippen molar-refractivity contribution < 1.29 is 4.79 Å². The zero-order chi connectivity index (χ0) is 20.4. The van der Waals surface area contributed by atoms with Gasteiger partial charge in [-0.05, 0) is 73.8 Å². The number of carbonyl (C=O) groups is 1. The van der Waals surface area contributed by atoms with Crippen LogP contribution in [0, 0.1) is 41.4 Å². The predicted molar refractivity (Wildman–Crippen MR) is 122 cm³/mol. The van der Waals surface area contributed by atoms with Crippen molar-refractivity contribution in [3.63, 3.8) is 0 Å². The summed E-state index contributed by atoms with van der Waals surface area (Å²) in [6, 6.07) is 8.96. The van der Waals surface area contributed by atoms with E-state index in [2.05, 4.69) is 56.4 Å². The molecule has 1 amide bonds. The molecule has 5 rings (SSSR count). The summed E-state index contributed by atoms with van der Waals surface area (Å²) in [5.41, 5.74) is 3.02. The Hall–Kier alpha value is -1.48. The fourth-order valence-electron chi connectivity index (χ4n) is 7.54. The predicted octanol–water partition coefficient (Wildman–Crippen LogP) is 5.63. The fourth-order valence-corrected chi connectivity index (χ4v) is 7.93. The number of carbonyl (C=O) groups excluding carboxylic acids is 1. The van der Waals surface area contributed by atoms with Gasteiger partial charge in [0.1, 0.15) is 0 Å². The highest BCUT2D eigenvalue weighted by atomic mass is 32.1. The van der Waals surface area contributed by atoms with Crippen molar-refractivity contribution in [2.75, 3.05) is 0 Å². The summed E-state index contributed by atoms with van der Waals surface area (Å²) in [6.07, 6.45) is 11.7. The molecule has 0 spiro atoms. The van der Waals surface area contributed by atoms with Crippen LogP contribution < -0.4 is 5.32 Å². The second-order valence-electron chi connectivity index (χ2n) is 10.7. The molecule has 4 aliphatic rings. The molecule has 1 aliphatic heterocycles. The Kier molecular flexibility index (Phi) is 4.55. The van der Waals surface area contributed by atoms with Crippen LogP contribution in [0.3, 0.4) is 0 Å². The molecule has 154 valence electrons. The van der Waals surface area contributed by atoms with E-state index in [4.69, 9.17) is 12.2 Å². The molecule has 0 saturated heterocycles. The quantitative estimate of drug-likeness (QED) is 0.509. The average molecular weight is 408 g/mol. The SMILES string of the molecule is Cc1ccc(C(=S)C2CC3NC(=O)C=C[C@]3(C)[C@@H]3CC[C@]4(C)CCC[C@H]4[C@H]23)cc1. The van der Waals surface area contributed by atoms with E-state index < -0.39 is 0 Å². The molecule has 0 aromatic heterocycles. The molecule has 1 aromatic rings. The van der Waals surface area contributed by atoms with Gasteiger partial charge >= 0.3 is 0 Å². The summed E-state index contributed by atoms with van der Waals surface area (Å²) >= 11 is 6.18. The van der Waals surface area contributed by atoms with Gasteiger partial charge in [-0.2, -0.15) is 0 Å². The third kappa shape index (κ3) is 2.95. The summed E-state index contributed by atoms with van der Waals surface area (Å²) in [7, 11) is 0. The topological polar surface area (TPSA) is 29.1 Å². The van der Waals surface area contributed by atoms with Crippen molar-refractivity contribution >= 4 is 23.0 Å². The average Bonchev–Trinajstić information content (AvgIpc) is 3.10. The Balaban J connectivity index is 1.58. The van der Waals surface area contributed by atoms with Gasteiger partial charge in [-0.1, -0.05) is 68.4 Å². The summed E-state index contributed by atoms with van der Waals surface area (Å²) in [5.74, 6) is 2.44. The van der Waals surface area contributed by atoms with Gasteiger partial charge in [0.15, 0.2) is 0 Å². The summed E-state index contributed by atoms with van der Waals surface area (Å²) in [6.45, 7) is 7.07. The van der Waals surface area contributed by atoms with E-state index in [0.717, 1.165) is 17.2 Å². The van der Waals surface area contributed by atoms with Gasteiger partial charge in [0.2, 0.25) is 5.91 Å². The lowest BCUT2D eigenvalue weighted by Gasteiger charge is -2.60. The highest BCUT2D eigenvalue weighted by Gasteiger charge is 2.60. The van der Waals surface area contributed by atoms with Crippen molar-refractivity contribution in [3.05, 3.63) is 47.5 Å². The van der Waals surface area contributed by atoms with E-state index in [1.807, 2.05) is 0 Å². The smallest absolute Gasteiger partial charge is 0.243 e. The lowest BCUT2D eigenvalue weighted by Crippen LogP contribution is -2.62. The Morgan fingerprint density at radius 2 is 1.86 bits per heavy atom. The van der Waals surface area contributed by atoms with Crippen LogP contribution in [-0.4, -0.2) is 16.8 Å². The number of hydrogen-bond acceptors (Lipinski definition) is 2. The van der Waals surface area contributed by atoms with E-state index in [9.17, 15) is 4.79 Å². The zero-order valence-electron chi connectivity index (χ0n) is 17.9. The summed E-state index contributed by atoms with van der Waals surface area (Å²) < 4.78 is 0. The van der Waals surface area contributed by atoms with E-state index in [-0.39, 0.29) is 17.4 Å². The van der Waals surface area contributed by atoms with Crippen molar-refractivity contribution in [1.82, 2.24) is 5.32 Å². The van der Waals surface area contributed by atoms with Crippen molar-refractivity contribution in [3.8, 4) is 0 Å². The maximum Gasteiger partial charge on any atom is 0.243 e. The Bertz CT molecular complexity index is 873. The molecule has 3 saturated carbocycles. The molecule has 1 heterocycles. The van der Waals surface area contributed by atoms with Crippen LogP contribution in [0.4, 0.5) is 0 Å². The minimum Gasteiger partial charge on any atom is -0.349 e. The molecular formula is C26H33NOS. The van der Waals surface area contributed by atoms with Crippen LogP contribution in [0.2, 0.25) is 0 Å². The Morgan fingerprint density at radius 1 is 1.10 bits per heavy atom. The van der Waals surface area contributed by atoms with Crippen molar-refractivity contribution in [2.45, 2.75) is 65.3 Å². The number of fused-ring (bicyclic) bond motifs is 5. The second-order valence-corrected chi connectivity index (χ2v) is 11.1. The maximum absolute atomic E-state index is 12.2. The van der Waals surface area contributed by atoms with Gasteiger partial charge < -0.3 is 5.32 Å². The van der Waals surface area contributed by atoms with Crippen LogP contribution >= 0.6 is 12.2 Å². The monoisotopic (exact) mass is 407 g/mol. The molecule has 7 atom stereocenters. The number of nitrogens with one attached hydrogen (secondary N) is 1. The number of thiocarbonyl (C=S) groups is 1. The summed E-state index contributed by atoms with van der Waals surface area (Å²) in [5, 5.41) is 3.32. The van der Waals surface area contributed by atoms with E-state index >= 15 is 0 Å². The molecule has 2 nitrogen and oxygen atoms in total. The third-order valence-electron chi connectivity index (χ3n) is 9.20. The van der Waals surface area contributed by atoms with Gasteiger partial charge in [-0.15, -0.1) is 0 Å². The molecule has 0 bridgehead atoms. The van der Waals surface area contributed by atoms with Crippen LogP contribution in [0.15, 0.2) is 36.4 Å². The first-order valence-corrected chi connectivity index (χ1v) is 11.8. The minimum absolute atomic E-state index is 0.0574. The lowest BCUT2D eigenvalue weighted by atomic mass is 9.45. The zero-order valence-corrected chi connectivity index (χ0v) is 18.7. The van der Waals surface area contributed by atoms with E-state index in [1.165, 1.54) is 43.2 Å². The normalized spacial score (nSPS) is 43.1. The molecular weight excluding hydrogens is 374 g/mol. The summed E-state index contributed by atoms with van der Waals surface area (Å²) in [4.78, 5) is 13.3. The largest absolute Gasteiger partial charge is 0.349 e. The molecule has 1 N–H and O–H groups in total. The molecule has 3 fully saturated rings. The van der Waals surface area contributed by atoms with E-state index in [1.54, 1.807) is 6.08 Å². The first-order valence-electron chi connectivity index (χ1n) is 11.4. The minimum atomic E-state index is 0.0574. The number of aryl methyl sites for hydroxylation is 1. The second kappa shape index (κ2) is 6.77. The van der Waals surface area contributed by atoms with Gasteiger partial charge in [0, 0.05) is 22.2 Å². The fraction of sp³-hybridized carbons (Fsp3) is 0.615. The van der Waals surface area contributed by atoms with E-state index in [0.29, 0.717) is 23.2 Å². The molecule has 29 heavy (non-hydrogen) atoms. The van der Waals surface area contributed by atoms with Crippen LogP contribution in [0.25, 0.3) is 0 Å². The first kappa shape index (κ1) is 19.5. The first-order chi connectivity index (χ1) is 13.8. The van der Waals surface area contributed by atoms with Gasteiger partial charge in [0.05, 0.1) is 0 Å². The lowest BCUT2D eigenvalue weighted by molar-refractivity contribution is -0.123. The van der Waals surface area contributed by atoms with Crippen LogP contribution in [-0.2, 0) is 4.79 Å². The standard InChI is InChI=1S/C26H33NOS/c1-16-6-8-17(9-7-16)24(29)18-15-21-26(3,14-11-22(28)27-21)20-10-13-25(2)12-4-5-19(25)23(18)20/h6-9,11,14,18-21,23H,4-5,10,12-13,15H2,1-3H3,(H,27,28)/t18?,19-,20+,21?,23-,25-,26+/m0/s1. The number of rotatable bonds is 2. The third-order valence-corrected chi connectivity index (χ3v) is 9.74. The number of amides is 1. The molecule has 0 radical (unpaired) electrons. The van der Waals surface area contributed by atoms with Crippen molar-refractivity contribution in [1.29, 1.82) is 0 Å². The Morgan fingerprint density at radius 3 is 2.62 bits per heavy atom. The van der Waals surface area contributed by atoms with Gasteiger partial charge in [-0.3, -0.25) is 4.79 Å². The van der Waals surface area contributed by atoms with Gasteiger partial charge in [-0.25, -0.2) is 0 Å². The number of hydrogen-bond donors (Lipinski definition) is 1. The van der Waals surface area contributed by atoms with Gasteiger partial charge in [0.25, 0.3) is 0 Å². The maximum atomic E-state index is 12.2. The molecule has 1 aromatic carbocycles. The highest BCUT2D eigenvalue weighted by Crippen LogP contribution is 2.65. The van der Waals surface area contributed by atoms with Crippen molar-refractivity contribution in [2.24, 2.45) is 34.5 Å². The van der Waals surface area contributed by atoms with Crippen LogP contribution in [0.1, 0.15) is 63.5 Å². The Labute approximate surface area is 180 Å². The molecule has 2 unspecified atom stereocenters. The highest BCUT2D eigenvalue weighted by molar-refractivity contribution is 7.80.